The van der Waals surface area contributed by atoms with E-state index >= 15 is 0 Å². The first-order chi connectivity index (χ1) is 8.66. The van der Waals surface area contributed by atoms with E-state index in [1.807, 2.05) is 0 Å². The predicted octanol–water partition coefficient (Wildman–Crippen LogP) is 6.36. The Bertz CT molecular complexity index is 250. The van der Waals surface area contributed by atoms with Crippen molar-refractivity contribution >= 4 is 87.4 Å². The molecule has 0 N–H and O–H groups in total. The Morgan fingerprint density at radius 1 is 0.619 bits per heavy atom. The summed E-state index contributed by atoms with van der Waals surface area (Å²) in [5, 5.41) is 0. The van der Waals surface area contributed by atoms with Gasteiger partial charge in [-0.05, 0) is 58.0 Å². The molecule has 0 saturated carbocycles. The van der Waals surface area contributed by atoms with Crippen LogP contribution in [0.15, 0.2) is 0 Å². The zero-order valence-electron chi connectivity index (χ0n) is 8.61. The van der Waals surface area contributed by atoms with E-state index in [0.29, 0.717) is 0 Å². The summed E-state index contributed by atoms with van der Waals surface area (Å²) in [5.74, 6) is 0. The van der Waals surface area contributed by atoms with E-state index in [0.717, 1.165) is 0 Å². The molecule has 0 aromatic carbocycles. The summed E-state index contributed by atoms with van der Waals surface area (Å²) in [6.07, 6.45) is -4.95. The first-order valence-corrected chi connectivity index (χ1v) is 5.95. The zero-order chi connectivity index (χ0) is 18.7. The van der Waals surface area contributed by atoms with Crippen LogP contribution in [-0.2, 0) is 9.59 Å². The number of hydrogen-bond acceptors (Lipinski definition) is 2. The molecule has 0 heterocycles. The Morgan fingerprint density at radius 2 is 0.667 bits per heavy atom. The molecule has 0 bridgehead atoms. The Hall–Kier alpha value is 0.920. The molecular weight excluding hydrogens is 473 g/mol. The van der Waals surface area contributed by atoms with Gasteiger partial charge in [0.1, 0.15) is 0 Å². The van der Waals surface area contributed by atoms with Crippen LogP contribution in [0.1, 0.15) is 0 Å². The smallest absolute Gasteiger partial charge is 0.198 e. The Balaban J connectivity index is -0.0000000977. The van der Waals surface area contributed by atoms with E-state index in [-0.39, 0.29) is 6.15 Å². The van der Waals surface area contributed by atoms with Crippen molar-refractivity contribution in [3.05, 3.63) is 0 Å². The van der Waals surface area contributed by atoms with E-state index in [2.05, 4.69) is 81.2 Å². The molecule has 0 unspecified atom stereocenters. The highest BCUT2D eigenvalue weighted by Crippen LogP contribution is 2.40. The number of rotatable bonds is 0. The van der Waals surface area contributed by atoms with E-state index < -0.39 is 19.7 Å². The van der Waals surface area contributed by atoms with Gasteiger partial charge in [0.15, 0.2) is 0 Å². The van der Waals surface area contributed by atoms with Crippen molar-refractivity contribution in [2.45, 2.75) is 19.7 Å². The summed E-state index contributed by atoms with van der Waals surface area (Å²) in [4.78, 5) is 12.7. The van der Waals surface area contributed by atoms with Gasteiger partial charge < -0.3 is 0 Å². The van der Waals surface area contributed by atoms with Gasteiger partial charge in [0.05, 0.1) is 0 Å². The first-order valence-electron chi connectivity index (χ1n) is 3.30. The van der Waals surface area contributed by atoms with Crippen molar-refractivity contribution in [2.24, 2.45) is 0 Å². The van der Waals surface area contributed by atoms with E-state index in [9.17, 15) is 30.7 Å². The van der Waals surface area contributed by atoms with Crippen molar-refractivity contribution in [1.82, 2.24) is 0 Å². The highest BCUT2D eigenvalue weighted by Gasteiger charge is 2.53. The van der Waals surface area contributed by atoms with Crippen LogP contribution in [0.3, 0.4) is 0 Å². The van der Waals surface area contributed by atoms with Crippen LogP contribution in [0.4, 0.5) is 30.7 Å². The average molecular weight is 473 g/mol. The van der Waals surface area contributed by atoms with E-state index in [1.54, 1.807) is 0 Å². The normalized spacial score (nSPS) is 11.5. The molecule has 0 aliphatic heterocycles. The molecule has 0 aliphatic rings. The molecular formula is C5Cl7F7O2. The number of halogens is 14. The molecule has 21 heavy (non-hydrogen) atoms. The fourth-order valence-corrected chi connectivity index (χ4v) is 0. The monoisotopic (exact) mass is 470 g/mol. The molecule has 2 nitrogen and oxygen atoms in total. The highest BCUT2D eigenvalue weighted by atomic mass is 35.6. The lowest BCUT2D eigenvalue weighted by molar-refractivity contribution is -0.191. The summed E-state index contributed by atoms with van der Waals surface area (Å²) in [6.45, 7) is 0. The average Bonchev–Trinajstić information content (AvgIpc) is 1.92. The molecule has 0 atom stereocenters. The van der Waals surface area contributed by atoms with Crippen LogP contribution < -0.4 is 0 Å². The Kier molecular flexibility index (Phi) is 17.6. The van der Waals surface area contributed by atoms with Gasteiger partial charge in [-0.25, -0.2) is 0 Å². The minimum absolute atomic E-state index is 0.250. The van der Waals surface area contributed by atoms with Gasteiger partial charge in [0.2, 0.25) is 0 Å². The summed E-state index contributed by atoms with van der Waals surface area (Å²) < 4.78 is 69.5. The molecule has 0 aromatic rings. The molecule has 0 amide bonds. The fourth-order valence-electron chi connectivity index (χ4n) is 0. The Labute approximate surface area is 147 Å². The lowest BCUT2D eigenvalue weighted by Crippen LogP contribution is -2.28. The van der Waals surface area contributed by atoms with Crippen molar-refractivity contribution in [3.63, 3.8) is 0 Å². The van der Waals surface area contributed by atoms with Crippen molar-refractivity contribution < 1.29 is 40.3 Å². The summed E-state index contributed by atoms with van der Waals surface area (Å²) >= 11 is 29.1. The van der Waals surface area contributed by atoms with E-state index in [1.165, 1.54) is 0 Å². The third kappa shape index (κ3) is 76.1. The van der Waals surface area contributed by atoms with Gasteiger partial charge in [-0.3, -0.25) is 0 Å². The standard InChI is InChI=1S/C2Cl2F4.CCl3F.CCl2F2.CO2/c3-1(4,5)2(6,7)8;2*2-1(3,4)5;2-1-3. The molecule has 0 rings (SSSR count). The third-order valence-electron chi connectivity index (χ3n) is 0.321. The zero-order valence-corrected chi connectivity index (χ0v) is 13.9. The van der Waals surface area contributed by atoms with Gasteiger partial charge in [-0.1, -0.05) is 23.2 Å². The largest absolute Gasteiger partial charge is 0.452 e. The maximum Gasteiger partial charge on any atom is 0.452 e. The topological polar surface area (TPSA) is 34.1 Å². The number of hydrogen-bond donors (Lipinski definition) is 0. The van der Waals surface area contributed by atoms with Gasteiger partial charge in [0.25, 0.3) is 0 Å². The van der Waals surface area contributed by atoms with Crippen molar-refractivity contribution in [2.75, 3.05) is 0 Å². The summed E-state index contributed by atoms with van der Waals surface area (Å²) in [6, 6.07) is 0. The molecule has 0 fully saturated rings. The third-order valence-corrected chi connectivity index (χ3v) is 0.750. The van der Waals surface area contributed by atoms with Gasteiger partial charge in [-0.2, -0.15) is 40.3 Å². The van der Waals surface area contributed by atoms with Crippen LogP contribution in [0, 0.1) is 0 Å². The molecule has 0 aromatic heterocycles. The van der Waals surface area contributed by atoms with Crippen LogP contribution >= 0.6 is 81.2 Å². The van der Waals surface area contributed by atoms with Crippen molar-refractivity contribution in [3.8, 4) is 0 Å². The second-order valence-corrected chi connectivity index (χ2v) is 6.46. The first kappa shape index (κ1) is 29.9. The van der Waals surface area contributed by atoms with E-state index in [4.69, 9.17) is 9.59 Å². The lowest BCUT2D eigenvalue weighted by Gasteiger charge is -2.11. The quantitative estimate of drug-likeness (QED) is 0.303. The molecule has 130 valence electrons. The SMILES string of the molecule is FC(Cl)(Cl)Cl.FC(F)(Cl)Cl.FC(F)(F)C(F)(Cl)Cl.O=C=O. The minimum Gasteiger partial charge on any atom is -0.198 e. The van der Waals surface area contributed by atoms with Crippen LogP contribution in [0.2, 0.25) is 0 Å². The van der Waals surface area contributed by atoms with Crippen molar-refractivity contribution in [1.29, 1.82) is 0 Å². The van der Waals surface area contributed by atoms with Crippen LogP contribution in [0.5, 0.6) is 0 Å². The molecule has 16 heteroatoms. The molecule has 0 saturated heterocycles. The number of alkyl halides is 14. The predicted molar refractivity (Wildman–Crippen MR) is 64.7 cm³/mol. The van der Waals surface area contributed by atoms with Gasteiger partial charge in [0, 0.05) is 0 Å². The van der Waals surface area contributed by atoms with Crippen LogP contribution in [0.25, 0.3) is 0 Å². The molecule has 0 radical (unpaired) electrons. The minimum atomic E-state index is -5.20. The molecule has 0 spiro atoms. The van der Waals surface area contributed by atoms with Gasteiger partial charge in [-0.15, -0.1) is 0 Å². The fraction of sp³-hybridized carbons (Fsp3) is 0.800. The lowest BCUT2D eigenvalue weighted by atomic mass is 10.7. The second-order valence-electron chi connectivity index (χ2n) is 1.94. The highest BCUT2D eigenvalue weighted by molar-refractivity contribution is 6.66. The number of carbonyl (C=O) groups excluding carboxylic acids is 2. The second kappa shape index (κ2) is 12.4. The Morgan fingerprint density at radius 3 is 0.667 bits per heavy atom. The van der Waals surface area contributed by atoms with Crippen LogP contribution in [-0.4, -0.2) is 25.8 Å². The summed E-state index contributed by atoms with van der Waals surface area (Å²) in [5.41, 5.74) is 0. The maximum absolute atomic E-state index is 11.3. The van der Waals surface area contributed by atoms with Gasteiger partial charge >= 0.3 is 25.8 Å². The maximum atomic E-state index is 11.3. The molecule has 0 aliphatic carbocycles. The summed E-state index contributed by atoms with van der Waals surface area (Å²) in [7, 11) is 0.